The van der Waals surface area contributed by atoms with Crippen molar-refractivity contribution in [3.8, 4) is 0 Å². The van der Waals surface area contributed by atoms with Gasteiger partial charge in [-0.15, -0.1) is 0 Å². The van der Waals surface area contributed by atoms with E-state index in [0.717, 1.165) is 25.7 Å². The lowest BCUT2D eigenvalue weighted by Crippen LogP contribution is -2.41. The molecule has 3 aliphatic rings. The van der Waals surface area contributed by atoms with Gasteiger partial charge in [-0.2, -0.15) is 0 Å². The molecule has 0 spiro atoms. The smallest absolute Gasteiger partial charge is 0.308 e. The maximum absolute atomic E-state index is 12.2. The van der Waals surface area contributed by atoms with E-state index in [2.05, 4.69) is 32.1 Å². The van der Waals surface area contributed by atoms with Gasteiger partial charge in [0.15, 0.2) is 0 Å². The molecule has 0 radical (unpaired) electrons. The second-order valence-corrected chi connectivity index (χ2v) is 8.85. The van der Waals surface area contributed by atoms with Crippen LogP contribution in [-0.4, -0.2) is 35.4 Å². The van der Waals surface area contributed by atoms with Crippen LogP contribution in [0, 0.1) is 23.7 Å². The predicted octanol–water partition coefficient (Wildman–Crippen LogP) is 3.95. The van der Waals surface area contributed by atoms with Crippen molar-refractivity contribution in [1.82, 2.24) is 0 Å². The van der Waals surface area contributed by atoms with Crippen molar-refractivity contribution in [2.75, 3.05) is 0 Å². The second kappa shape index (κ2) is 9.25. The van der Waals surface area contributed by atoms with Gasteiger partial charge >= 0.3 is 11.9 Å². The second-order valence-electron chi connectivity index (χ2n) is 8.85. The minimum Gasteiger partial charge on any atom is -0.462 e. The standard InChI is InChI=1S/C23H34O5/c1-4-5-21(25)28-20-11-14(2)10-16-7-6-15(3)19(23(16)20)9-8-18-12-17(24)13-22(26)27-18/h6-7,10,14-15,17-20,23-24H,4-5,8-9,11-13H2,1-3H3/t14-,15-,17+,18+,19-,20-,23?/m0/s1. The van der Waals surface area contributed by atoms with Gasteiger partial charge < -0.3 is 14.6 Å². The lowest BCUT2D eigenvalue weighted by molar-refractivity contribution is -0.161. The fourth-order valence-corrected chi connectivity index (χ4v) is 5.07. The lowest BCUT2D eigenvalue weighted by atomic mass is 9.65. The zero-order valence-electron chi connectivity index (χ0n) is 17.3. The Bertz CT molecular complexity index is 637. The van der Waals surface area contributed by atoms with Crippen LogP contribution in [0.4, 0.5) is 0 Å². The SMILES string of the molecule is CCCC(=O)O[C@H]1C[C@@H](C)C=C2C=C[C@H](C)[C@H](CC[C@@H]3C[C@@H](O)CC(=O)O3)C21. The number of carbonyl (C=O) groups excluding carboxylic acids is 2. The molecule has 1 unspecified atom stereocenters. The summed E-state index contributed by atoms with van der Waals surface area (Å²) in [5.74, 6) is 0.873. The van der Waals surface area contributed by atoms with Crippen LogP contribution in [0.2, 0.25) is 0 Å². The van der Waals surface area contributed by atoms with Crippen LogP contribution in [0.3, 0.4) is 0 Å². The molecule has 0 aromatic carbocycles. The van der Waals surface area contributed by atoms with Gasteiger partial charge in [0.05, 0.1) is 12.5 Å². The van der Waals surface area contributed by atoms with E-state index in [4.69, 9.17) is 9.47 Å². The van der Waals surface area contributed by atoms with Crippen LogP contribution in [0.1, 0.15) is 65.7 Å². The van der Waals surface area contributed by atoms with E-state index in [9.17, 15) is 14.7 Å². The van der Waals surface area contributed by atoms with Crippen LogP contribution >= 0.6 is 0 Å². The summed E-state index contributed by atoms with van der Waals surface area (Å²) in [7, 11) is 0. The molecule has 0 amide bonds. The highest BCUT2D eigenvalue weighted by Gasteiger charge is 2.41. The summed E-state index contributed by atoms with van der Waals surface area (Å²) in [4.78, 5) is 23.9. The van der Waals surface area contributed by atoms with E-state index in [1.165, 1.54) is 5.57 Å². The quantitative estimate of drug-likeness (QED) is 0.695. The van der Waals surface area contributed by atoms with E-state index >= 15 is 0 Å². The van der Waals surface area contributed by atoms with E-state index in [1.54, 1.807) is 0 Å². The lowest BCUT2D eigenvalue weighted by Gasteiger charge is -2.43. The third-order valence-corrected chi connectivity index (χ3v) is 6.39. The summed E-state index contributed by atoms with van der Waals surface area (Å²) in [5, 5.41) is 9.87. The number of aliphatic hydroxyl groups excluding tert-OH is 1. The third-order valence-electron chi connectivity index (χ3n) is 6.39. The minimum absolute atomic E-state index is 0.0917. The largest absolute Gasteiger partial charge is 0.462 e. The van der Waals surface area contributed by atoms with Crippen LogP contribution < -0.4 is 0 Å². The Balaban J connectivity index is 1.72. The van der Waals surface area contributed by atoms with Crippen LogP contribution in [0.25, 0.3) is 0 Å². The topological polar surface area (TPSA) is 72.8 Å². The average molecular weight is 391 g/mol. The number of allylic oxidation sites excluding steroid dienone is 3. The molecule has 0 saturated carbocycles. The molecule has 5 nitrogen and oxygen atoms in total. The highest BCUT2D eigenvalue weighted by Crippen LogP contribution is 2.45. The fourth-order valence-electron chi connectivity index (χ4n) is 5.07. The number of aliphatic hydroxyl groups is 1. The molecule has 0 aromatic heterocycles. The van der Waals surface area contributed by atoms with Gasteiger partial charge in [-0.25, -0.2) is 0 Å². The summed E-state index contributed by atoms with van der Waals surface area (Å²) < 4.78 is 11.4. The summed E-state index contributed by atoms with van der Waals surface area (Å²) in [6.07, 6.45) is 10.2. The Morgan fingerprint density at radius 2 is 2.07 bits per heavy atom. The number of esters is 2. The summed E-state index contributed by atoms with van der Waals surface area (Å²) in [6.45, 7) is 6.38. The van der Waals surface area contributed by atoms with Crippen molar-refractivity contribution in [3.63, 3.8) is 0 Å². The molecule has 28 heavy (non-hydrogen) atoms. The first-order valence-corrected chi connectivity index (χ1v) is 10.8. The number of hydrogen-bond acceptors (Lipinski definition) is 5. The molecule has 3 rings (SSSR count). The number of carbonyl (C=O) groups is 2. The number of cyclic esters (lactones) is 1. The molecule has 7 atom stereocenters. The molecule has 0 bridgehead atoms. The third kappa shape index (κ3) is 5.05. The first kappa shape index (κ1) is 21.1. The molecule has 5 heteroatoms. The number of ether oxygens (including phenoxy) is 2. The van der Waals surface area contributed by atoms with Gasteiger partial charge in [-0.3, -0.25) is 9.59 Å². The molecule has 1 fully saturated rings. The Labute approximate surface area is 168 Å². The molecular formula is C23H34O5. The van der Waals surface area contributed by atoms with Gasteiger partial charge in [-0.1, -0.05) is 39.0 Å². The highest BCUT2D eigenvalue weighted by atomic mass is 16.5. The Hall–Kier alpha value is -1.62. The van der Waals surface area contributed by atoms with Crippen LogP contribution in [0.15, 0.2) is 23.8 Å². The van der Waals surface area contributed by atoms with E-state index in [1.807, 2.05) is 6.92 Å². The normalized spacial score (nSPS) is 37.6. The van der Waals surface area contributed by atoms with Gasteiger partial charge in [-0.05, 0) is 49.0 Å². The highest BCUT2D eigenvalue weighted by molar-refractivity contribution is 5.71. The Morgan fingerprint density at radius 3 is 2.79 bits per heavy atom. The molecule has 1 heterocycles. The van der Waals surface area contributed by atoms with Crippen LogP contribution in [0.5, 0.6) is 0 Å². The van der Waals surface area contributed by atoms with Crippen molar-refractivity contribution in [2.45, 2.75) is 84.0 Å². The Morgan fingerprint density at radius 1 is 1.29 bits per heavy atom. The van der Waals surface area contributed by atoms with Crippen molar-refractivity contribution in [1.29, 1.82) is 0 Å². The van der Waals surface area contributed by atoms with Crippen molar-refractivity contribution in [3.05, 3.63) is 23.8 Å². The maximum atomic E-state index is 12.2. The zero-order chi connectivity index (χ0) is 20.3. The molecule has 156 valence electrons. The van der Waals surface area contributed by atoms with E-state index < -0.39 is 6.10 Å². The average Bonchev–Trinajstić information content (AvgIpc) is 2.60. The van der Waals surface area contributed by atoms with Crippen molar-refractivity contribution in [2.24, 2.45) is 23.7 Å². The summed E-state index contributed by atoms with van der Waals surface area (Å²) in [6, 6.07) is 0. The molecule has 1 aliphatic heterocycles. The van der Waals surface area contributed by atoms with Gasteiger partial charge in [0.1, 0.15) is 12.2 Å². The minimum atomic E-state index is -0.594. The van der Waals surface area contributed by atoms with Crippen molar-refractivity contribution >= 4 is 11.9 Å². The van der Waals surface area contributed by atoms with Gasteiger partial charge in [0.2, 0.25) is 0 Å². The van der Waals surface area contributed by atoms with E-state index in [-0.39, 0.29) is 36.5 Å². The molecule has 2 aliphatic carbocycles. The number of hydrogen-bond donors (Lipinski definition) is 1. The van der Waals surface area contributed by atoms with Gasteiger partial charge in [0.25, 0.3) is 0 Å². The van der Waals surface area contributed by atoms with Gasteiger partial charge in [0, 0.05) is 18.8 Å². The van der Waals surface area contributed by atoms with Crippen LogP contribution in [-0.2, 0) is 19.1 Å². The summed E-state index contributed by atoms with van der Waals surface area (Å²) >= 11 is 0. The monoisotopic (exact) mass is 390 g/mol. The molecule has 0 aromatic rings. The Kier molecular flexibility index (Phi) is 6.97. The fraction of sp³-hybridized carbons (Fsp3) is 0.739. The van der Waals surface area contributed by atoms with E-state index in [0.29, 0.717) is 30.6 Å². The first-order chi connectivity index (χ1) is 13.4. The van der Waals surface area contributed by atoms with Crippen molar-refractivity contribution < 1.29 is 24.2 Å². The maximum Gasteiger partial charge on any atom is 0.308 e. The number of rotatable bonds is 6. The molecule has 1 saturated heterocycles. The first-order valence-electron chi connectivity index (χ1n) is 10.8. The molecular weight excluding hydrogens is 356 g/mol. The predicted molar refractivity (Wildman–Crippen MR) is 106 cm³/mol. The summed E-state index contributed by atoms with van der Waals surface area (Å²) in [5.41, 5.74) is 1.27. The zero-order valence-corrected chi connectivity index (χ0v) is 17.3. The number of fused-ring (bicyclic) bond motifs is 1. The molecule has 1 N–H and O–H groups in total.